The number of hydrogen-bond donors (Lipinski definition) is 0. The van der Waals surface area contributed by atoms with Gasteiger partial charge in [-0.1, -0.05) is 49.2 Å². The van der Waals surface area contributed by atoms with Crippen molar-refractivity contribution in [1.29, 1.82) is 0 Å². The molecule has 0 radical (unpaired) electrons. The lowest BCUT2D eigenvalue weighted by molar-refractivity contribution is -0.193. The molecule has 9 nitrogen and oxygen atoms in total. The van der Waals surface area contributed by atoms with Gasteiger partial charge in [-0.15, -0.1) is 0 Å². The summed E-state index contributed by atoms with van der Waals surface area (Å²) in [5.41, 5.74) is -0.0322. The molecule has 1 spiro atoms. The first kappa shape index (κ1) is 37.0. The maximum atomic E-state index is 15.1. The summed E-state index contributed by atoms with van der Waals surface area (Å²) >= 11 is 13.4. The molecule has 1 aromatic carbocycles. The molecular weight excluding hydrogens is 743 g/mol. The minimum absolute atomic E-state index is 0.0154. The number of alkyl halides is 3. The molecule has 3 fully saturated rings. The summed E-state index contributed by atoms with van der Waals surface area (Å²) in [6.07, 6.45) is -1.68. The largest absolute Gasteiger partial charge is 0.471 e. The number of piperazine rings is 1. The second kappa shape index (κ2) is 12.9. The van der Waals surface area contributed by atoms with Gasteiger partial charge in [0.1, 0.15) is 27.5 Å². The van der Waals surface area contributed by atoms with Gasteiger partial charge in [-0.2, -0.15) is 13.2 Å². The molecular formula is C36H38Cl2F4N6O3S. The molecule has 7 rings (SSSR count). The van der Waals surface area contributed by atoms with Crippen molar-refractivity contribution in [3.63, 3.8) is 0 Å². The molecule has 1 saturated carbocycles. The molecule has 52 heavy (non-hydrogen) atoms. The Hall–Kier alpha value is -3.36. The molecule has 1 aromatic heterocycles. The molecule has 0 N–H and O–H groups in total. The van der Waals surface area contributed by atoms with Crippen LogP contribution >= 0.6 is 35.0 Å². The Morgan fingerprint density at radius 2 is 1.75 bits per heavy atom. The summed E-state index contributed by atoms with van der Waals surface area (Å²) in [5, 5.41) is 0.812. The molecule has 0 unspecified atom stereocenters. The molecule has 0 bridgehead atoms. The first-order chi connectivity index (χ1) is 24.4. The van der Waals surface area contributed by atoms with E-state index in [0.29, 0.717) is 52.2 Å². The Bertz CT molecular complexity index is 1900. The third-order valence-electron chi connectivity index (χ3n) is 11.1. The Morgan fingerprint density at radius 1 is 1.04 bits per heavy atom. The lowest BCUT2D eigenvalue weighted by Crippen LogP contribution is -2.65. The van der Waals surface area contributed by atoms with Crippen LogP contribution in [0.1, 0.15) is 77.5 Å². The van der Waals surface area contributed by atoms with Gasteiger partial charge in [-0.05, 0) is 87.9 Å². The maximum Gasteiger partial charge on any atom is 0.471 e. The van der Waals surface area contributed by atoms with Gasteiger partial charge in [-0.25, -0.2) is 14.4 Å². The standard InChI is InChI=1S/C36H38Cl2F4N6O3S/c1-18(2)27-28(52-33-44-34(5,22-8-11-26(38)43-15-22)29(48(27)33)21-7-9-23(37)24(39)14-21)31(50)47-19(3)6-10-25(47)30(49)45-17-35(12-13-35)46(16-20(45)4)32(51)36(40,41)42/h7-9,11,14-15,18-20,25,29H,6,10,12-13,16-17H2,1-5H3/t19-,20+,25+,29-,34+/m1/s1. The number of amidine groups is 1. The first-order valence-corrected chi connectivity index (χ1v) is 18.8. The van der Waals surface area contributed by atoms with E-state index in [1.807, 2.05) is 38.7 Å². The fourth-order valence-electron chi connectivity index (χ4n) is 8.30. The maximum absolute atomic E-state index is 15.1. The number of thioether (sulfide) groups is 1. The third kappa shape index (κ3) is 5.96. The zero-order valence-corrected chi connectivity index (χ0v) is 31.5. The Labute approximate surface area is 313 Å². The number of amides is 3. The summed E-state index contributed by atoms with van der Waals surface area (Å²) in [6, 6.07) is 5.68. The highest BCUT2D eigenvalue weighted by Gasteiger charge is 2.61. The Morgan fingerprint density at radius 3 is 2.35 bits per heavy atom. The van der Waals surface area contributed by atoms with Crippen LogP contribution in [0.2, 0.25) is 10.2 Å². The minimum atomic E-state index is -5.01. The number of benzene rings is 1. The number of aromatic nitrogens is 1. The monoisotopic (exact) mass is 780 g/mol. The number of rotatable bonds is 5. The van der Waals surface area contributed by atoms with Gasteiger partial charge in [-0.3, -0.25) is 14.4 Å². The predicted octanol–water partition coefficient (Wildman–Crippen LogP) is 7.30. The molecule has 1 aliphatic carbocycles. The van der Waals surface area contributed by atoms with Gasteiger partial charge in [0.2, 0.25) is 5.91 Å². The van der Waals surface area contributed by atoms with Crippen molar-refractivity contribution in [1.82, 2.24) is 24.6 Å². The van der Waals surface area contributed by atoms with Crippen molar-refractivity contribution in [2.75, 3.05) is 13.1 Å². The van der Waals surface area contributed by atoms with E-state index in [4.69, 9.17) is 28.2 Å². The van der Waals surface area contributed by atoms with Crippen LogP contribution in [0.3, 0.4) is 0 Å². The van der Waals surface area contributed by atoms with E-state index >= 15 is 4.39 Å². The lowest BCUT2D eigenvalue weighted by Gasteiger charge is -2.47. The SMILES string of the molecule is CC(C)C1=C(C(=O)N2[C@H](C)CC[C@H]2C(=O)N2CC3(CC3)N(C(=O)C(F)(F)F)C[C@@H]2C)SC2=N[C@@](C)(c3ccc(Cl)nc3)[C@@H](c3ccc(Cl)c(F)c3)N21. The number of aliphatic imine (C=N–C) groups is 1. The molecule has 278 valence electrons. The second-order valence-electron chi connectivity index (χ2n) is 14.9. The van der Waals surface area contributed by atoms with Crippen molar-refractivity contribution in [3.8, 4) is 0 Å². The zero-order chi connectivity index (χ0) is 37.7. The van der Waals surface area contributed by atoms with E-state index in [9.17, 15) is 27.6 Å². The van der Waals surface area contributed by atoms with Gasteiger partial charge in [0, 0.05) is 42.6 Å². The van der Waals surface area contributed by atoms with Crippen LogP contribution in [0.4, 0.5) is 17.6 Å². The molecule has 5 atom stereocenters. The van der Waals surface area contributed by atoms with E-state index < -0.39 is 47.1 Å². The normalized spacial score (nSPS) is 28.3. The molecule has 4 aliphatic heterocycles. The number of likely N-dealkylation sites (tertiary alicyclic amines) is 1. The number of pyridine rings is 1. The van der Waals surface area contributed by atoms with Gasteiger partial charge < -0.3 is 19.6 Å². The van der Waals surface area contributed by atoms with E-state index in [1.54, 1.807) is 35.1 Å². The summed E-state index contributed by atoms with van der Waals surface area (Å²) in [4.78, 5) is 57.4. The summed E-state index contributed by atoms with van der Waals surface area (Å²) in [5.74, 6) is -3.36. The summed E-state index contributed by atoms with van der Waals surface area (Å²) < 4.78 is 55.5. The highest BCUT2D eigenvalue weighted by atomic mass is 35.5. The predicted molar refractivity (Wildman–Crippen MR) is 190 cm³/mol. The van der Waals surface area contributed by atoms with E-state index in [-0.39, 0.29) is 41.9 Å². The van der Waals surface area contributed by atoms with Gasteiger partial charge in [0.15, 0.2) is 5.17 Å². The number of carbonyl (C=O) groups excluding carboxylic acids is 3. The Balaban J connectivity index is 1.22. The second-order valence-corrected chi connectivity index (χ2v) is 16.7. The first-order valence-electron chi connectivity index (χ1n) is 17.3. The van der Waals surface area contributed by atoms with E-state index in [0.717, 1.165) is 10.5 Å². The van der Waals surface area contributed by atoms with Gasteiger partial charge in [0.25, 0.3) is 5.91 Å². The summed E-state index contributed by atoms with van der Waals surface area (Å²) in [7, 11) is 0. The fourth-order valence-corrected chi connectivity index (χ4v) is 9.88. The van der Waals surface area contributed by atoms with E-state index in [2.05, 4.69) is 4.98 Å². The van der Waals surface area contributed by atoms with Crippen molar-refractivity contribution in [2.24, 2.45) is 10.9 Å². The van der Waals surface area contributed by atoms with Crippen LogP contribution in [0, 0.1) is 11.7 Å². The van der Waals surface area contributed by atoms with Gasteiger partial charge in [0.05, 0.1) is 16.6 Å². The zero-order valence-electron chi connectivity index (χ0n) is 29.2. The number of allylic oxidation sites excluding steroid dienone is 1. The van der Waals surface area contributed by atoms with Crippen molar-refractivity contribution in [2.45, 2.75) is 102 Å². The molecule has 16 heteroatoms. The topological polar surface area (TPSA) is 89.4 Å². The Kier molecular flexibility index (Phi) is 9.17. The summed E-state index contributed by atoms with van der Waals surface area (Å²) in [6.45, 7) is 9.11. The molecule has 5 aliphatic rings. The van der Waals surface area contributed by atoms with Crippen LogP contribution in [-0.2, 0) is 19.9 Å². The van der Waals surface area contributed by atoms with Crippen LogP contribution < -0.4 is 0 Å². The van der Waals surface area contributed by atoms with Crippen LogP contribution in [-0.4, -0.2) is 90.4 Å². The molecule has 5 heterocycles. The highest BCUT2D eigenvalue weighted by molar-refractivity contribution is 8.18. The van der Waals surface area contributed by atoms with Crippen LogP contribution in [0.15, 0.2) is 52.1 Å². The van der Waals surface area contributed by atoms with Crippen LogP contribution in [0.25, 0.3) is 0 Å². The lowest BCUT2D eigenvalue weighted by atomic mass is 9.81. The van der Waals surface area contributed by atoms with Crippen molar-refractivity contribution in [3.05, 3.63) is 74.3 Å². The number of hydrogen-bond acceptors (Lipinski definition) is 7. The average molecular weight is 782 g/mol. The molecule has 3 amide bonds. The van der Waals surface area contributed by atoms with E-state index in [1.165, 1.54) is 23.9 Å². The number of nitrogens with zero attached hydrogens (tertiary/aromatic N) is 6. The smallest absolute Gasteiger partial charge is 0.334 e. The average Bonchev–Trinajstić information content (AvgIpc) is 3.44. The van der Waals surface area contributed by atoms with Crippen molar-refractivity contribution < 1.29 is 31.9 Å². The number of fused-ring (bicyclic) bond motifs is 1. The number of halogens is 6. The minimum Gasteiger partial charge on any atom is -0.334 e. The fraction of sp³-hybridized carbons (Fsp3) is 0.528. The highest BCUT2D eigenvalue weighted by Crippen LogP contribution is 2.57. The van der Waals surface area contributed by atoms with Gasteiger partial charge >= 0.3 is 12.1 Å². The van der Waals surface area contributed by atoms with Crippen LogP contribution in [0.5, 0.6) is 0 Å². The molecule has 2 aromatic rings. The van der Waals surface area contributed by atoms with Crippen molar-refractivity contribution >= 4 is 57.9 Å². The number of carbonyl (C=O) groups is 3. The quantitative estimate of drug-likeness (QED) is 0.234. The molecule has 2 saturated heterocycles. The third-order valence-corrected chi connectivity index (χ3v) is 12.7.